The van der Waals surface area contributed by atoms with Crippen molar-refractivity contribution in [1.29, 1.82) is 0 Å². The molecule has 0 spiro atoms. The van der Waals surface area contributed by atoms with Crippen LogP contribution in [0.5, 0.6) is 5.75 Å². The Balaban J connectivity index is 3.01. The lowest BCUT2D eigenvalue weighted by Crippen LogP contribution is -2.02. The van der Waals surface area contributed by atoms with E-state index in [9.17, 15) is 8.78 Å². The topological polar surface area (TPSA) is 35.2 Å². The van der Waals surface area contributed by atoms with Gasteiger partial charge in [0.1, 0.15) is 5.75 Å². The summed E-state index contributed by atoms with van der Waals surface area (Å²) in [6.45, 7) is 2.44. The van der Waals surface area contributed by atoms with Crippen molar-refractivity contribution < 1.29 is 13.5 Å². The van der Waals surface area contributed by atoms with Gasteiger partial charge in [-0.25, -0.2) is 8.78 Å². The number of alkyl halides is 2. The summed E-state index contributed by atoms with van der Waals surface area (Å²) in [6.07, 6.45) is 0.000107. The number of ether oxygens (including phenoxy) is 1. The summed E-state index contributed by atoms with van der Waals surface area (Å²) in [5, 5.41) is 0. The van der Waals surface area contributed by atoms with Gasteiger partial charge in [-0.2, -0.15) is 0 Å². The normalized spacial score (nSPS) is 10.9. The Hall–Kier alpha value is -1.16. The molecule has 0 aliphatic carbocycles. The van der Waals surface area contributed by atoms with Crippen LogP contribution in [0.3, 0.4) is 0 Å². The SMILES string of the molecule is COc1c(CCCCN)cc(C)cc1C(F)F. The third kappa shape index (κ3) is 3.66. The molecular formula is C13H19F2NO. The lowest BCUT2D eigenvalue weighted by Gasteiger charge is -2.14. The van der Waals surface area contributed by atoms with Crippen LogP contribution in [0, 0.1) is 6.92 Å². The van der Waals surface area contributed by atoms with Crippen molar-refractivity contribution in [2.24, 2.45) is 5.73 Å². The molecule has 0 atom stereocenters. The Labute approximate surface area is 101 Å². The zero-order chi connectivity index (χ0) is 12.8. The van der Waals surface area contributed by atoms with E-state index < -0.39 is 6.43 Å². The summed E-state index contributed by atoms with van der Waals surface area (Å²) in [4.78, 5) is 0. The van der Waals surface area contributed by atoms with E-state index in [1.54, 1.807) is 0 Å². The average molecular weight is 243 g/mol. The van der Waals surface area contributed by atoms with Gasteiger partial charge in [-0.3, -0.25) is 0 Å². The van der Waals surface area contributed by atoms with Gasteiger partial charge in [-0.1, -0.05) is 11.6 Å². The van der Waals surface area contributed by atoms with Gasteiger partial charge < -0.3 is 10.5 Å². The molecule has 1 aromatic carbocycles. The van der Waals surface area contributed by atoms with Crippen molar-refractivity contribution in [3.63, 3.8) is 0 Å². The molecule has 0 saturated carbocycles. The summed E-state index contributed by atoms with van der Waals surface area (Å²) >= 11 is 0. The molecule has 0 saturated heterocycles. The van der Waals surface area contributed by atoms with Crippen molar-refractivity contribution in [3.8, 4) is 5.75 Å². The lowest BCUT2D eigenvalue weighted by atomic mass is 10.0. The Morgan fingerprint density at radius 1 is 1.29 bits per heavy atom. The van der Waals surface area contributed by atoms with Gasteiger partial charge in [0.15, 0.2) is 0 Å². The molecule has 0 heterocycles. The molecule has 96 valence electrons. The van der Waals surface area contributed by atoms with Crippen LogP contribution in [0.4, 0.5) is 8.78 Å². The number of rotatable bonds is 6. The zero-order valence-electron chi connectivity index (χ0n) is 10.3. The number of hydrogen-bond donors (Lipinski definition) is 1. The molecule has 0 fully saturated rings. The first kappa shape index (κ1) is 13.9. The molecule has 0 bridgehead atoms. The number of unbranched alkanes of at least 4 members (excludes halogenated alkanes) is 1. The van der Waals surface area contributed by atoms with Gasteiger partial charge in [-0.05, 0) is 44.4 Å². The maximum atomic E-state index is 12.9. The molecule has 4 heteroatoms. The zero-order valence-corrected chi connectivity index (χ0v) is 10.3. The number of methoxy groups -OCH3 is 1. The summed E-state index contributed by atoms with van der Waals surface area (Å²) in [7, 11) is 1.43. The third-order valence-electron chi connectivity index (χ3n) is 2.68. The first-order valence-corrected chi connectivity index (χ1v) is 5.75. The largest absolute Gasteiger partial charge is 0.496 e. The Morgan fingerprint density at radius 2 is 2.00 bits per heavy atom. The minimum absolute atomic E-state index is 0.0183. The quantitative estimate of drug-likeness (QED) is 0.778. The smallest absolute Gasteiger partial charge is 0.267 e. The van der Waals surface area contributed by atoms with Crippen LogP contribution in [0.1, 0.15) is 36.0 Å². The highest BCUT2D eigenvalue weighted by Gasteiger charge is 2.17. The van der Waals surface area contributed by atoms with E-state index in [-0.39, 0.29) is 5.56 Å². The Bertz CT molecular complexity index is 367. The van der Waals surface area contributed by atoms with Crippen molar-refractivity contribution in [3.05, 3.63) is 28.8 Å². The fourth-order valence-electron chi connectivity index (χ4n) is 1.93. The maximum absolute atomic E-state index is 12.9. The standard InChI is InChI=1S/C13H19F2NO/c1-9-7-10(5-3-4-6-16)12(17-2)11(8-9)13(14)15/h7-8,13H,3-6,16H2,1-2H3. The molecule has 1 aromatic rings. The number of hydrogen-bond acceptors (Lipinski definition) is 2. The summed E-state index contributed by atoms with van der Waals surface area (Å²) in [5.74, 6) is 0.322. The van der Waals surface area contributed by atoms with E-state index >= 15 is 0 Å². The Kier molecular flexibility index (Phi) is 5.35. The van der Waals surface area contributed by atoms with E-state index in [1.165, 1.54) is 13.2 Å². The number of nitrogens with two attached hydrogens (primary N) is 1. The molecule has 0 aliphatic rings. The first-order chi connectivity index (χ1) is 8.10. The lowest BCUT2D eigenvalue weighted by molar-refractivity contribution is 0.146. The highest BCUT2D eigenvalue weighted by Crippen LogP contribution is 2.34. The second kappa shape index (κ2) is 6.55. The Morgan fingerprint density at radius 3 is 2.53 bits per heavy atom. The second-order valence-electron chi connectivity index (χ2n) is 4.09. The predicted octanol–water partition coefficient (Wildman–Crippen LogP) is 3.22. The van der Waals surface area contributed by atoms with Crippen LogP contribution in [-0.4, -0.2) is 13.7 Å². The van der Waals surface area contributed by atoms with Gasteiger partial charge in [-0.15, -0.1) is 0 Å². The van der Waals surface area contributed by atoms with E-state index in [4.69, 9.17) is 10.5 Å². The summed E-state index contributed by atoms with van der Waals surface area (Å²) in [6, 6.07) is 3.39. The van der Waals surface area contributed by atoms with Crippen molar-refractivity contribution >= 4 is 0 Å². The van der Waals surface area contributed by atoms with Gasteiger partial charge >= 0.3 is 0 Å². The van der Waals surface area contributed by atoms with Crippen LogP contribution in [-0.2, 0) is 6.42 Å². The molecule has 0 radical (unpaired) electrons. The van der Waals surface area contributed by atoms with Crippen LogP contribution in [0.15, 0.2) is 12.1 Å². The highest BCUT2D eigenvalue weighted by molar-refractivity contribution is 5.45. The molecule has 0 amide bonds. The minimum Gasteiger partial charge on any atom is -0.496 e. The third-order valence-corrected chi connectivity index (χ3v) is 2.68. The van der Waals surface area contributed by atoms with Crippen LogP contribution in [0.2, 0.25) is 0 Å². The van der Waals surface area contributed by atoms with Crippen LogP contribution in [0.25, 0.3) is 0 Å². The molecule has 2 nitrogen and oxygen atoms in total. The summed E-state index contributed by atoms with van der Waals surface area (Å²) in [5.41, 5.74) is 7.08. The van der Waals surface area contributed by atoms with Gasteiger partial charge in [0.25, 0.3) is 6.43 Å². The molecule has 0 aliphatic heterocycles. The highest BCUT2D eigenvalue weighted by atomic mass is 19.3. The fraction of sp³-hybridized carbons (Fsp3) is 0.538. The number of aryl methyl sites for hydroxylation is 2. The van der Waals surface area contributed by atoms with Gasteiger partial charge in [0.05, 0.1) is 12.7 Å². The van der Waals surface area contributed by atoms with Crippen LogP contribution >= 0.6 is 0 Å². The van der Waals surface area contributed by atoms with Gasteiger partial charge in [0.2, 0.25) is 0 Å². The maximum Gasteiger partial charge on any atom is 0.267 e. The first-order valence-electron chi connectivity index (χ1n) is 5.75. The molecule has 1 rings (SSSR count). The molecule has 0 unspecified atom stereocenters. The average Bonchev–Trinajstić information content (AvgIpc) is 2.28. The second-order valence-corrected chi connectivity index (χ2v) is 4.09. The number of halogens is 2. The van der Waals surface area contributed by atoms with Crippen molar-refractivity contribution in [2.45, 2.75) is 32.6 Å². The molecule has 0 aromatic heterocycles. The predicted molar refractivity (Wildman–Crippen MR) is 64.7 cm³/mol. The van der Waals surface area contributed by atoms with Crippen molar-refractivity contribution in [2.75, 3.05) is 13.7 Å². The van der Waals surface area contributed by atoms with E-state index in [1.807, 2.05) is 13.0 Å². The molecule has 2 N–H and O–H groups in total. The van der Waals surface area contributed by atoms with Crippen molar-refractivity contribution in [1.82, 2.24) is 0 Å². The molecule has 17 heavy (non-hydrogen) atoms. The minimum atomic E-state index is -2.50. The monoisotopic (exact) mass is 243 g/mol. The summed E-state index contributed by atoms with van der Waals surface area (Å²) < 4.78 is 30.8. The molecular weight excluding hydrogens is 224 g/mol. The van der Waals surface area contributed by atoms with E-state index in [2.05, 4.69) is 0 Å². The van der Waals surface area contributed by atoms with E-state index in [0.29, 0.717) is 12.3 Å². The number of benzene rings is 1. The van der Waals surface area contributed by atoms with E-state index in [0.717, 1.165) is 30.4 Å². The van der Waals surface area contributed by atoms with Gasteiger partial charge in [0, 0.05) is 0 Å². The van der Waals surface area contributed by atoms with Crippen LogP contribution < -0.4 is 10.5 Å². The fourth-order valence-corrected chi connectivity index (χ4v) is 1.93.